The maximum Gasteiger partial charge on any atom is 0.272 e. The first-order chi connectivity index (χ1) is 12.0. The van der Waals surface area contributed by atoms with Gasteiger partial charge in [0.15, 0.2) is 0 Å². The molecule has 0 atom stereocenters. The van der Waals surface area contributed by atoms with Crippen LogP contribution in [0.25, 0.3) is 0 Å². The van der Waals surface area contributed by atoms with E-state index in [1.165, 1.54) is 0 Å². The van der Waals surface area contributed by atoms with Crippen molar-refractivity contribution in [3.8, 4) is 0 Å². The Bertz CT molecular complexity index is 794. The number of benzene rings is 2. The van der Waals surface area contributed by atoms with E-state index in [1.54, 1.807) is 19.1 Å². The number of aryl methyl sites for hydroxylation is 2. The molecule has 0 radical (unpaired) electrons. The highest BCUT2D eigenvalue weighted by atomic mass is 16.6. The largest absolute Gasteiger partial charge is 0.368 e. The minimum absolute atomic E-state index is 0.0551. The number of carbonyl (C=O) groups excluding carboxylic acids is 1. The highest BCUT2D eigenvalue weighted by molar-refractivity contribution is 5.94. The number of rotatable bonds is 3. The van der Waals surface area contributed by atoms with Crippen LogP contribution in [0.15, 0.2) is 42.5 Å². The van der Waals surface area contributed by atoms with Gasteiger partial charge in [-0.25, -0.2) is 0 Å². The zero-order chi connectivity index (χ0) is 18.0. The van der Waals surface area contributed by atoms with Gasteiger partial charge < -0.3 is 9.80 Å². The van der Waals surface area contributed by atoms with Gasteiger partial charge in [-0.1, -0.05) is 17.7 Å². The second kappa shape index (κ2) is 6.93. The first-order valence-electron chi connectivity index (χ1n) is 8.31. The van der Waals surface area contributed by atoms with Crippen LogP contribution < -0.4 is 4.90 Å². The third-order valence-corrected chi connectivity index (χ3v) is 4.61. The summed E-state index contributed by atoms with van der Waals surface area (Å²) in [6, 6.07) is 12.8. The monoisotopic (exact) mass is 339 g/mol. The van der Waals surface area contributed by atoms with Crippen LogP contribution in [0.2, 0.25) is 0 Å². The number of nitro groups is 1. The lowest BCUT2D eigenvalue weighted by Crippen LogP contribution is -2.48. The Morgan fingerprint density at radius 2 is 1.64 bits per heavy atom. The summed E-state index contributed by atoms with van der Waals surface area (Å²) in [7, 11) is 0. The van der Waals surface area contributed by atoms with Crippen molar-refractivity contribution in [1.29, 1.82) is 0 Å². The summed E-state index contributed by atoms with van der Waals surface area (Å²) in [4.78, 5) is 27.2. The molecule has 6 heteroatoms. The molecule has 0 unspecified atom stereocenters. The zero-order valence-corrected chi connectivity index (χ0v) is 14.4. The lowest BCUT2D eigenvalue weighted by molar-refractivity contribution is -0.385. The third kappa shape index (κ3) is 3.63. The van der Waals surface area contributed by atoms with E-state index in [-0.39, 0.29) is 16.5 Å². The molecule has 2 aromatic carbocycles. The number of nitro benzene ring substituents is 1. The topological polar surface area (TPSA) is 66.7 Å². The molecule has 6 nitrogen and oxygen atoms in total. The van der Waals surface area contributed by atoms with E-state index in [0.717, 1.165) is 24.3 Å². The number of hydrogen-bond acceptors (Lipinski definition) is 4. The number of hydrogen-bond donors (Lipinski definition) is 0. The molecule has 25 heavy (non-hydrogen) atoms. The highest BCUT2D eigenvalue weighted by Crippen LogP contribution is 2.25. The summed E-state index contributed by atoms with van der Waals surface area (Å²) in [6.07, 6.45) is 0. The van der Waals surface area contributed by atoms with Gasteiger partial charge in [0.2, 0.25) is 0 Å². The number of anilines is 1. The fraction of sp³-hybridized carbons (Fsp3) is 0.316. The normalized spacial score (nSPS) is 14.5. The number of carbonyl (C=O) groups is 1. The van der Waals surface area contributed by atoms with Crippen molar-refractivity contribution in [2.75, 3.05) is 31.1 Å². The molecular formula is C19H21N3O3. The fourth-order valence-corrected chi connectivity index (χ4v) is 3.09. The molecule has 0 aliphatic carbocycles. The second-order valence-corrected chi connectivity index (χ2v) is 6.37. The van der Waals surface area contributed by atoms with Crippen molar-refractivity contribution in [2.24, 2.45) is 0 Å². The summed E-state index contributed by atoms with van der Waals surface area (Å²) >= 11 is 0. The van der Waals surface area contributed by atoms with E-state index in [1.807, 2.05) is 42.2 Å². The molecule has 1 aliphatic rings. The predicted molar refractivity (Wildman–Crippen MR) is 97.1 cm³/mol. The molecule has 0 bridgehead atoms. The number of nitrogens with zero attached hydrogens (tertiary/aromatic N) is 3. The first-order valence-corrected chi connectivity index (χ1v) is 8.31. The summed E-state index contributed by atoms with van der Waals surface area (Å²) in [5.74, 6) is 0.0551. The molecule has 1 aliphatic heterocycles. The van der Waals surface area contributed by atoms with Crippen LogP contribution in [0.1, 0.15) is 21.5 Å². The van der Waals surface area contributed by atoms with Gasteiger partial charge in [0.25, 0.3) is 11.6 Å². The van der Waals surface area contributed by atoms with Crippen LogP contribution in [0.3, 0.4) is 0 Å². The molecule has 3 rings (SSSR count). The van der Waals surface area contributed by atoms with Crippen molar-refractivity contribution >= 4 is 17.3 Å². The van der Waals surface area contributed by atoms with Crippen LogP contribution in [-0.2, 0) is 0 Å². The summed E-state index contributed by atoms with van der Waals surface area (Å²) < 4.78 is 0. The van der Waals surface area contributed by atoms with Gasteiger partial charge in [-0.15, -0.1) is 0 Å². The molecule has 1 fully saturated rings. The smallest absolute Gasteiger partial charge is 0.272 e. The molecule has 2 aromatic rings. The van der Waals surface area contributed by atoms with Crippen molar-refractivity contribution in [1.82, 2.24) is 4.90 Å². The predicted octanol–water partition coefficient (Wildman–Crippen LogP) is 3.17. The van der Waals surface area contributed by atoms with E-state index in [0.29, 0.717) is 24.2 Å². The number of piperazine rings is 1. The maximum absolute atomic E-state index is 12.6. The summed E-state index contributed by atoms with van der Waals surface area (Å²) in [5, 5.41) is 10.9. The molecule has 0 aromatic heterocycles. The molecule has 0 saturated carbocycles. The Kier molecular flexibility index (Phi) is 4.70. The lowest BCUT2D eigenvalue weighted by Gasteiger charge is -2.36. The zero-order valence-electron chi connectivity index (χ0n) is 14.4. The Morgan fingerprint density at radius 3 is 2.20 bits per heavy atom. The van der Waals surface area contributed by atoms with Gasteiger partial charge in [0, 0.05) is 49.1 Å². The van der Waals surface area contributed by atoms with Crippen molar-refractivity contribution < 1.29 is 9.72 Å². The van der Waals surface area contributed by atoms with Crippen molar-refractivity contribution in [3.05, 3.63) is 69.3 Å². The van der Waals surface area contributed by atoms with E-state index in [2.05, 4.69) is 4.90 Å². The van der Waals surface area contributed by atoms with Crippen molar-refractivity contribution in [2.45, 2.75) is 13.8 Å². The van der Waals surface area contributed by atoms with Gasteiger partial charge in [-0.2, -0.15) is 0 Å². The van der Waals surface area contributed by atoms with Gasteiger partial charge in [0.05, 0.1) is 4.92 Å². The van der Waals surface area contributed by atoms with E-state index in [9.17, 15) is 14.9 Å². The van der Waals surface area contributed by atoms with Crippen LogP contribution >= 0.6 is 0 Å². The Morgan fingerprint density at radius 1 is 1.00 bits per heavy atom. The fourth-order valence-electron chi connectivity index (χ4n) is 3.09. The lowest BCUT2D eigenvalue weighted by atomic mass is 10.1. The van der Waals surface area contributed by atoms with Gasteiger partial charge in [-0.3, -0.25) is 14.9 Å². The van der Waals surface area contributed by atoms with Crippen LogP contribution in [0.4, 0.5) is 11.4 Å². The van der Waals surface area contributed by atoms with E-state index in [4.69, 9.17) is 0 Å². The number of amides is 1. The quantitative estimate of drug-likeness (QED) is 0.636. The molecule has 0 N–H and O–H groups in total. The Labute approximate surface area is 146 Å². The van der Waals surface area contributed by atoms with Crippen LogP contribution in [0.5, 0.6) is 0 Å². The molecule has 0 spiro atoms. The van der Waals surface area contributed by atoms with Crippen LogP contribution in [-0.4, -0.2) is 41.9 Å². The highest BCUT2D eigenvalue weighted by Gasteiger charge is 2.23. The van der Waals surface area contributed by atoms with Gasteiger partial charge >= 0.3 is 0 Å². The van der Waals surface area contributed by atoms with E-state index < -0.39 is 0 Å². The Hall–Kier alpha value is -2.89. The first kappa shape index (κ1) is 17.0. The molecule has 1 saturated heterocycles. The average Bonchev–Trinajstić information content (AvgIpc) is 2.61. The summed E-state index contributed by atoms with van der Waals surface area (Å²) in [6.45, 7) is 6.47. The van der Waals surface area contributed by atoms with E-state index >= 15 is 0 Å². The molecule has 1 heterocycles. The average molecular weight is 339 g/mol. The standard InChI is InChI=1S/C19H21N3O3/c1-14-3-5-16(6-4-14)19(23)21-11-9-20(10-12-21)17-7-8-18(22(24)25)15(2)13-17/h3-8,13H,9-12H2,1-2H3. The minimum atomic E-state index is -0.364. The maximum atomic E-state index is 12.6. The van der Waals surface area contributed by atoms with Crippen molar-refractivity contribution in [3.63, 3.8) is 0 Å². The van der Waals surface area contributed by atoms with Crippen LogP contribution in [0, 0.1) is 24.0 Å². The summed E-state index contributed by atoms with van der Waals surface area (Å²) in [5.41, 5.74) is 3.60. The minimum Gasteiger partial charge on any atom is -0.368 e. The third-order valence-electron chi connectivity index (χ3n) is 4.61. The molecule has 130 valence electrons. The molecular weight excluding hydrogens is 318 g/mol. The SMILES string of the molecule is Cc1ccc(C(=O)N2CCN(c3ccc([N+](=O)[O-])c(C)c3)CC2)cc1. The van der Waals surface area contributed by atoms with Gasteiger partial charge in [-0.05, 0) is 38.1 Å². The molecule has 1 amide bonds. The second-order valence-electron chi connectivity index (χ2n) is 6.37. The van der Waals surface area contributed by atoms with Gasteiger partial charge in [0.1, 0.15) is 0 Å². The Balaban J connectivity index is 1.65.